The van der Waals surface area contributed by atoms with Crippen molar-refractivity contribution in [2.75, 3.05) is 32.8 Å². The minimum Gasteiger partial charge on any atom is -0.469 e. The standard InChI is InChI=1S/C30H44N4O6S/c1-3-4-17-34-20-23-11-9-18-33-19-10-14-25(28(23)33)26(34)15-8-16-27(35)39-22(2)21-38-29-30(32-40-31-29)41(36,37)24-12-6-5-7-13-24/h5-7,12-13,22-23,25-26,28H,3-4,8-11,14-21H2,1-2H3/t22?,23-,25+,26?,28-/m1/s1. The average molecular weight is 589 g/mol. The van der Waals surface area contributed by atoms with Crippen LogP contribution >= 0.6 is 0 Å². The number of likely N-dealkylation sites (tertiary alicyclic amines) is 1. The van der Waals surface area contributed by atoms with Crippen molar-refractivity contribution in [2.24, 2.45) is 11.8 Å². The third kappa shape index (κ3) is 6.94. The molecule has 3 aliphatic rings. The van der Waals surface area contributed by atoms with Crippen molar-refractivity contribution in [3.05, 3.63) is 30.3 Å². The number of hydrogen-bond acceptors (Lipinski definition) is 10. The fourth-order valence-corrected chi connectivity index (χ4v) is 8.40. The Balaban J connectivity index is 1.11. The molecule has 0 radical (unpaired) electrons. The van der Waals surface area contributed by atoms with Crippen molar-refractivity contribution >= 4 is 15.8 Å². The van der Waals surface area contributed by atoms with E-state index in [1.807, 2.05) is 0 Å². The molecule has 0 aliphatic carbocycles. The molecule has 0 bridgehead atoms. The summed E-state index contributed by atoms with van der Waals surface area (Å²) in [6, 6.07) is 9.14. The molecule has 3 saturated heterocycles. The first-order valence-corrected chi connectivity index (χ1v) is 16.8. The molecule has 3 aliphatic heterocycles. The first-order valence-electron chi connectivity index (χ1n) is 15.3. The zero-order valence-electron chi connectivity index (χ0n) is 24.3. The van der Waals surface area contributed by atoms with E-state index in [0.29, 0.717) is 24.4 Å². The van der Waals surface area contributed by atoms with E-state index in [4.69, 9.17) is 9.47 Å². The molecule has 0 saturated carbocycles. The van der Waals surface area contributed by atoms with Crippen molar-refractivity contribution in [3.8, 4) is 5.88 Å². The fraction of sp³-hybridized carbons (Fsp3) is 0.700. The number of hydrogen-bond donors (Lipinski definition) is 0. The van der Waals surface area contributed by atoms with Gasteiger partial charge in [0.1, 0.15) is 12.7 Å². The van der Waals surface area contributed by atoms with Gasteiger partial charge in [0.05, 0.1) is 4.90 Å². The Bertz CT molecular complexity index is 1240. The van der Waals surface area contributed by atoms with Crippen LogP contribution in [0.25, 0.3) is 0 Å². The minimum atomic E-state index is -3.95. The van der Waals surface area contributed by atoms with Gasteiger partial charge < -0.3 is 9.47 Å². The number of rotatable bonds is 13. The lowest BCUT2D eigenvalue weighted by atomic mass is 9.69. The predicted molar refractivity (Wildman–Crippen MR) is 152 cm³/mol. The summed E-state index contributed by atoms with van der Waals surface area (Å²) in [5.41, 5.74) is 0. The molecule has 5 atom stereocenters. The molecule has 3 fully saturated rings. The quantitative estimate of drug-likeness (QED) is 0.313. The molecule has 2 aromatic rings. The minimum absolute atomic E-state index is 0.0613. The predicted octanol–water partition coefficient (Wildman–Crippen LogP) is 4.36. The van der Waals surface area contributed by atoms with E-state index in [1.54, 1.807) is 25.1 Å². The third-order valence-corrected chi connectivity index (χ3v) is 10.6. The summed E-state index contributed by atoms with van der Waals surface area (Å²) >= 11 is 0. The van der Waals surface area contributed by atoms with Crippen molar-refractivity contribution in [3.63, 3.8) is 0 Å². The van der Waals surface area contributed by atoms with Crippen LogP contribution in [0, 0.1) is 11.8 Å². The molecule has 1 aromatic heterocycles. The second-order valence-corrected chi connectivity index (χ2v) is 13.7. The lowest BCUT2D eigenvalue weighted by molar-refractivity contribution is -0.150. The number of nitrogens with zero attached hydrogens (tertiary/aromatic N) is 4. The molecule has 5 rings (SSSR count). The molecule has 0 amide bonds. The summed E-state index contributed by atoms with van der Waals surface area (Å²) in [4.78, 5) is 18.3. The molecule has 226 valence electrons. The number of piperidine rings is 3. The lowest BCUT2D eigenvalue weighted by Gasteiger charge is -2.57. The number of aromatic nitrogens is 2. The third-order valence-electron chi connectivity index (χ3n) is 8.98. The van der Waals surface area contributed by atoms with Gasteiger partial charge in [-0.25, -0.2) is 13.0 Å². The van der Waals surface area contributed by atoms with Crippen molar-refractivity contribution in [1.82, 2.24) is 20.1 Å². The maximum atomic E-state index is 12.9. The van der Waals surface area contributed by atoms with Gasteiger partial charge >= 0.3 is 5.97 Å². The Labute approximate surface area is 243 Å². The van der Waals surface area contributed by atoms with E-state index in [9.17, 15) is 13.2 Å². The Morgan fingerprint density at radius 2 is 1.90 bits per heavy atom. The highest BCUT2D eigenvalue weighted by Crippen LogP contribution is 2.43. The monoisotopic (exact) mass is 588 g/mol. The Morgan fingerprint density at radius 1 is 1.12 bits per heavy atom. The number of unbranched alkanes of at least 4 members (excludes halogenated alkanes) is 1. The number of carbonyl (C=O) groups is 1. The van der Waals surface area contributed by atoms with Gasteiger partial charge in [-0.05, 0) is 106 Å². The van der Waals surface area contributed by atoms with Crippen LogP contribution in [0.4, 0.5) is 0 Å². The topological polar surface area (TPSA) is 115 Å². The van der Waals surface area contributed by atoms with E-state index in [2.05, 4.69) is 31.7 Å². The first-order chi connectivity index (χ1) is 19.9. The molecular formula is C30H44N4O6S. The molecule has 10 nitrogen and oxygen atoms in total. The van der Waals surface area contributed by atoms with Crippen LogP contribution in [0.2, 0.25) is 0 Å². The van der Waals surface area contributed by atoms with Gasteiger partial charge in [-0.2, -0.15) is 0 Å². The smallest absolute Gasteiger partial charge is 0.306 e. The molecular weight excluding hydrogens is 544 g/mol. The van der Waals surface area contributed by atoms with E-state index in [0.717, 1.165) is 25.3 Å². The van der Waals surface area contributed by atoms with E-state index in [-0.39, 0.29) is 23.4 Å². The highest BCUT2D eigenvalue weighted by atomic mass is 32.2. The number of sulfone groups is 1. The molecule has 4 heterocycles. The molecule has 2 unspecified atom stereocenters. The van der Waals surface area contributed by atoms with Gasteiger partial charge in [0, 0.05) is 25.0 Å². The van der Waals surface area contributed by atoms with Crippen LogP contribution in [-0.4, -0.2) is 85.5 Å². The van der Waals surface area contributed by atoms with Gasteiger partial charge in [-0.3, -0.25) is 14.6 Å². The first kappa shape index (κ1) is 30.0. The van der Waals surface area contributed by atoms with Crippen LogP contribution in [0.3, 0.4) is 0 Å². The summed E-state index contributed by atoms with van der Waals surface area (Å²) in [5, 5.41) is 6.75. The van der Waals surface area contributed by atoms with Gasteiger partial charge in [0.25, 0.3) is 10.9 Å². The lowest BCUT2D eigenvalue weighted by Crippen LogP contribution is -2.64. The molecule has 11 heteroatoms. The number of esters is 1. The largest absolute Gasteiger partial charge is 0.469 e. The summed E-state index contributed by atoms with van der Waals surface area (Å²) in [5.74, 6) is 0.966. The highest BCUT2D eigenvalue weighted by Gasteiger charge is 2.48. The second kappa shape index (κ2) is 13.6. The normalized spacial score (nSPS) is 25.8. The molecule has 0 spiro atoms. The van der Waals surface area contributed by atoms with Crippen LogP contribution in [-0.2, 0) is 19.4 Å². The SMILES string of the molecule is CCCCN1C[C@H]2CCCN3CCC[C@@H](C1CCCC(=O)OC(C)COc1nonc1S(=O)(=O)c1ccccc1)[C@@H]23. The number of ether oxygens (including phenoxy) is 2. The van der Waals surface area contributed by atoms with E-state index in [1.165, 1.54) is 70.3 Å². The Hall–Kier alpha value is -2.50. The van der Waals surface area contributed by atoms with E-state index >= 15 is 0 Å². The Kier molecular flexibility index (Phi) is 9.98. The second-order valence-electron chi connectivity index (χ2n) is 11.8. The molecule has 1 aromatic carbocycles. The van der Waals surface area contributed by atoms with Crippen molar-refractivity contribution in [1.29, 1.82) is 0 Å². The summed E-state index contributed by atoms with van der Waals surface area (Å²) in [6.45, 7) is 8.74. The number of benzene rings is 1. The molecule has 41 heavy (non-hydrogen) atoms. The number of carbonyl (C=O) groups excluding carboxylic acids is 1. The van der Waals surface area contributed by atoms with E-state index < -0.39 is 21.0 Å². The van der Waals surface area contributed by atoms with Crippen LogP contribution in [0.15, 0.2) is 44.9 Å². The van der Waals surface area contributed by atoms with Crippen molar-refractivity contribution in [2.45, 2.75) is 99.7 Å². The maximum Gasteiger partial charge on any atom is 0.306 e. The Morgan fingerprint density at radius 3 is 2.68 bits per heavy atom. The van der Waals surface area contributed by atoms with Gasteiger partial charge in [0.2, 0.25) is 9.84 Å². The van der Waals surface area contributed by atoms with Crippen LogP contribution < -0.4 is 4.74 Å². The summed E-state index contributed by atoms with van der Waals surface area (Å²) in [7, 11) is -3.95. The summed E-state index contributed by atoms with van der Waals surface area (Å²) < 4.78 is 41.6. The van der Waals surface area contributed by atoms with Gasteiger partial charge in [-0.1, -0.05) is 31.5 Å². The maximum absolute atomic E-state index is 12.9. The molecule has 0 N–H and O–H groups in total. The van der Waals surface area contributed by atoms with Crippen LogP contribution in [0.1, 0.15) is 71.6 Å². The van der Waals surface area contributed by atoms with Gasteiger partial charge in [0.15, 0.2) is 0 Å². The van der Waals surface area contributed by atoms with Crippen LogP contribution in [0.5, 0.6) is 5.88 Å². The van der Waals surface area contributed by atoms with Crippen molar-refractivity contribution < 1.29 is 27.3 Å². The highest BCUT2D eigenvalue weighted by molar-refractivity contribution is 7.91. The fourth-order valence-electron chi connectivity index (χ4n) is 7.20. The summed E-state index contributed by atoms with van der Waals surface area (Å²) in [6.07, 6.45) is 9.24. The average Bonchev–Trinajstić information content (AvgIpc) is 3.47. The van der Waals surface area contributed by atoms with Gasteiger partial charge in [-0.15, -0.1) is 0 Å². The zero-order valence-corrected chi connectivity index (χ0v) is 25.1. The zero-order chi connectivity index (χ0) is 28.8.